The van der Waals surface area contributed by atoms with Crippen molar-refractivity contribution in [2.75, 3.05) is 26.9 Å². The van der Waals surface area contributed by atoms with Gasteiger partial charge < -0.3 is 14.8 Å². The first kappa shape index (κ1) is 14.5. The molecule has 4 heteroatoms. The van der Waals surface area contributed by atoms with Gasteiger partial charge in [0.05, 0.1) is 6.61 Å². The highest BCUT2D eigenvalue weighted by Gasteiger charge is 2.49. The van der Waals surface area contributed by atoms with Gasteiger partial charge in [0.1, 0.15) is 5.54 Å². The molecule has 0 bridgehead atoms. The fourth-order valence-corrected chi connectivity index (χ4v) is 2.88. The van der Waals surface area contributed by atoms with Crippen molar-refractivity contribution in [1.82, 2.24) is 5.32 Å². The summed E-state index contributed by atoms with van der Waals surface area (Å²) < 4.78 is 10.4. The highest BCUT2D eigenvalue weighted by molar-refractivity contribution is 5.81. The molecule has 2 unspecified atom stereocenters. The lowest BCUT2D eigenvalue weighted by atomic mass is 9.84. The van der Waals surface area contributed by atoms with Gasteiger partial charge in [-0.3, -0.25) is 4.79 Å². The van der Waals surface area contributed by atoms with Crippen LogP contribution in [0.1, 0.15) is 39.5 Å². The fourth-order valence-electron chi connectivity index (χ4n) is 2.88. The lowest BCUT2D eigenvalue weighted by Crippen LogP contribution is -2.55. The van der Waals surface area contributed by atoms with Gasteiger partial charge in [-0.1, -0.05) is 13.3 Å². The van der Waals surface area contributed by atoms with Gasteiger partial charge in [-0.25, -0.2) is 0 Å². The van der Waals surface area contributed by atoms with Gasteiger partial charge in [-0.2, -0.15) is 0 Å². The Bertz CT molecular complexity index is 245. The van der Waals surface area contributed by atoms with E-state index in [0.717, 1.165) is 32.2 Å². The Kier molecular flexibility index (Phi) is 5.92. The van der Waals surface area contributed by atoms with Crippen molar-refractivity contribution in [3.8, 4) is 0 Å². The Hall–Kier alpha value is -0.610. The maximum absolute atomic E-state index is 12.2. The molecule has 0 amide bonds. The number of likely N-dealkylation sites (N-methyl/N-ethyl adjacent to an activating group) is 1. The summed E-state index contributed by atoms with van der Waals surface area (Å²) in [6, 6.07) is 0. The molecular formula is C13H25NO3. The highest BCUT2D eigenvalue weighted by Crippen LogP contribution is 2.39. The Labute approximate surface area is 104 Å². The van der Waals surface area contributed by atoms with Crippen LogP contribution in [0.4, 0.5) is 0 Å². The lowest BCUT2D eigenvalue weighted by molar-refractivity contribution is -0.153. The van der Waals surface area contributed by atoms with Crippen molar-refractivity contribution in [1.29, 1.82) is 0 Å². The molecule has 0 aromatic heterocycles. The minimum absolute atomic E-state index is 0.0829. The van der Waals surface area contributed by atoms with E-state index in [1.165, 1.54) is 0 Å². The Morgan fingerprint density at radius 2 is 2.24 bits per heavy atom. The third-order valence-electron chi connectivity index (χ3n) is 3.62. The van der Waals surface area contributed by atoms with E-state index in [4.69, 9.17) is 9.47 Å². The van der Waals surface area contributed by atoms with Gasteiger partial charge in [-0.15, -0.1) is 0 Å². The lowest BCUT2D eigenvalue weighted by Gasteiger charge is -2.34. The monoisotopic (exact) mass is 243 g/mol. The van der Waals surface area contributed by atoms with E-state index >= 15 is 0 Å². The molecule has 2 atom stereocenters. The molecule has 0 radical (unpaired) electrons. The van der Waals surface area contributed by atoms with E-state index in [1.807, 2.05) is 13.8 Å². The zero-order valence-electron chi connectivity index (χ0n) is 11.3. The molecule has 0 aliphatic heterocycles. The number of carbonyl (C=O) groups excluding carboxylic acids is 1. The Morgan fingerprint density at radius 3 is 2.82 bits per heavy atom. The molecule has 1 N–H and O–H groups in total. The normalized spacial score (nSPS) is 28.3. The summed E-state index contributed by atoms with van der Waals surface area (Å²) in [6.45, 7) is 5.84. The second kappa shape index (κ2) is 6.97. The zero-order valence-corrected chi connectivity index (χ0v) is 11.3. The predicted octanol–water partition coefficient (Wildman–Crippen LogP) is 1.73. The van der Waals surface area contributed by atoms with Crippen LogP contribution in [-0.4, -0.2) is 38.4 Å². The molecule has 100 valence electrons. The minimum atomic E-state index is -0.469. The average molecular weight is 243 g/mol. The predicted molar refractivity (Wildman–Crippen MR) is 66.9 cm³/mol. The van der Waals surface area contributed by atoms with Gasteiger partial charge in [0.15, 0.2) is 0 Å². The highest BCUT2D eigenvalue weighted by atomic mass is 16.5. The van der Waals surface area contributed by atoms with Crippen LogP contribution in [-0.2, 0) is 14.3 Å². The van der Waals surface area contributed by atoms with E-state index in [1.54, 1.807) is 7.11 Å². The molecule has 0 saturated heterocycles. The smallest absolute Gasteiger partial charge is 0.326 e. The van der Waals surface area contributed by atoms with Gasteiger partial charge in [0.25, 0.3) is 0 Å². The second-order valence-corrected chi connectivity index (χ2v) is 4.59. The third-order valence-corrected chi connectivity index (χ3v) is 3.62. The van der Waals surface area contributed by atoms with E-state index in [0.29, 0.717) is 19.1 Å². The van der Waals surface area contributed by atoms with Crippen molar-refractivity contribution >= 4 is 5.97 Å². The first-order chi connectivity index (χ1) is 8.21. The molecule has 0 aromatic rings. The summed E-state index contributed by atoms with van der Waals surface area (Å²) in [6.07, 6.45) is 3.96. The van der Waals surface area contributed by atoms with Crippen LogP contribution in [0.25, 0.3) is 0 Å². The molecule has 1 aliphatic carbocycles. The average Bonchev–Trinajstić information content (AvgIpc) is 2.71. The number of hydrogen-bond donors (Lipinski definition) is 1. The number of methoxy groups -OCH3 is 1. The number of esters is 1. The summed E-state index contributed by atoms with van der Waals surface area (Å²) in [4.78, 5) is 12.2. The number of carbonyl (C=O) groups is 1. The van der Waals surface area contributed by atoms with Crippen molar-refractivity contribution in [3.05, 3.63) is 0 Å². The van der Waals surface area contributed by atoms with Crippen LogP contribution in [0.5, 0.6) is 0 Å². The van der Waals surface area contributed by atoms with Gasteiger partial charge in [0, 0.05) is 13.7 Å². The summed E-state index contributed by atoms with van der Waals surface area (Å²) in [5.74, 6) is 0.252. The summed E-state index contributed by atoms with van der Waals surface area (Å²) >= 11 is 0. The number of rotatable bonds is 7. The SMILES string of the molecule is CCNC1(C(=O)OCC)CCCC1CCOC. The summed E-state index contributed by atoms with van der Waals surface area (Å²) in [5, 5.41) is 3.37. The standard InChI is InChI=1S/C13H25NO3/c1-4-14-13(12(15)17-5-2)9-6-7-11(13)8-10-16-3/h11,14H,4-10H2,1-3H3. The summed E-state index contributed by atoms with van der Waals surface area (Å²) in [7, 11) is 1.70. The Morgan fingerprint density at radius 1 is 1.47 bits per heavy atom. The van der Waals surface area contributed by atoms with Gasteiger partial charge in [-0.05, 0) is 38.6 Å². The molecule has 0 heterocycles. The number of nitrogens with one attached hydrogen (secondary N) is 1. The second-order valence-electron chi connectivity index (χ2n) is 4.59. The Balaban J connectivity index is 2.76. The van der Waals surface area contributed by atoms with Crippen LogP contribution >= 0.6 is 0 Å². The van der Waals surface area contributed by atoms with Crippen LogP contribution in [0.15, 0.2) is 0 Å². The molecule has 1 aliphatic rings. The minimum Gasteiger partial charge on any atom is -0.465 e. The van der Waals surface area contributed by atoms with Gasteiger partial charge >= 0.3 is 5.97 Å². The van der Waals surface area contributed by atoms with Crippen LogP contribution < -0.4 is 5.32 Å². The zero-order chi connectivity index (χ0) is 12.7. The third kappa shape index (κ3) is 3.19. The largest absolute Gasteiger partial charge is 0.465 e. The van der Waals surface area contributed by atoms with Gasteiger partial charge in [0.2, 0.25) is 0 Å². The van der Waals surface area contributed by atoms with Crippen molar-refractivity contribution in [3.63, 3.8) is 0 Å². The molecule has 0 aromatic carbocycles. The van der Waals surface area contributed by atoms with Crippen molar-refractivity contribution < 1.29 is 14.3 Å². The summed E-state index contributed by atoms with van der Waals surface area (Å²) in [5.41, 5.74) is -0.469. The first-order valence-corrected chi connectivity index (χ1v) is 6.62. The molecule has 1 saturated carbocycles. The fraction of sp³-hybridized carbons (Fsp3) is 0.923. The first-order valence-electron chi connectivity index (χ1n) is 6.62. The maximum Gasteiger partial charge on any atom is 0.326 e. The van der Waals surface area contributed by atoms with E-state index in [-0.39, 0.29) is 5.97 Å². The molecular weight excluding hydrogens is 218 g/mol. The van der Waals surface area contributed by atoms with E-state index < -0.39 is 5.54 Å². The van der Waals surface area contributed by atoms with Crippen LogP contribution in [0.2, 0.25) is 0 Å². The molecule has 0 spiro atoms. The topological polar surface area (TPSA) is 47.6 Å². The van der Waals surface area contributed by atoms with Crippen molar-refractivity contribution in [2.24, 2.45) is 5.92 Å². The number of hydrogen-bond acceptors (Lipinski definition) is 4. The molecule has 4 nitrogen and oxygen atoms in total. The maximum atomic E-state index is 12.2. The number of ether oxygens (including phenoxy) is 2. The van der Waals surface area contributed by atoms with E-state index in [9.17, 15) is 4.79 Å². The molecule has 1 rings (SSSR count). The quantitative estimate of drug-likeness (QED) is 0.692. The molecule has 1 fully saturated rings. The van der Waals surface area contributed by atoms with Crippen molar-refractivity contribution in [2.45, 2.75) is 45.1 Å². The van der Waals surface area contributed by atoms with E-state index in [2.05, 4.69) is 5.32 Å². The molecule has 17 heavy (non-hydrogen) atoms. The van der Waals surface area contributed by atoms with Crippen LogP contribution in [0.3, 0.4) is 0 Å². The van der Waals surface area contributed by atoms with Crippen LogP contribution in [0, 0.1) is 5.92 Å².